The molecule has 1 aliphatic rings. The molecule has 1 heterocycles. The fraction of sp³-hybridized carbons (Fsp3) is 0.273. The van der Waals surface area contributed by atoms with Crippen LogP contribution in [0.5, 0.6) is 11.5 Å². The molecule has 0 unspecified atom stereocenters. The van der Waals surface area contributed by atoms with Crippen LogP contribution in [-0.4, -0.2) is 32.1 Å². The molecule has 7 heteroatoms. The van der Waals surface area contributed by atoms with Crippen LogP contribution in [0.25, 0.3) is 0 Å². The van der Waals surface area contributed by atoms with Crippen LogP contribution in [-0.2, 0) is 4.79 Å². The highest BCUT2D eigenvalue weighted by atomic mass is 79.9. The lowest BCUT2D eigenvalue weighted by atomic mass is 9.93. The van der Waals surface area contributed by atoms with Gasteiger partial charge in [-0.2, -0.15) is 0 Å². The van der Waals surface area contributed by atoms with E-state index in [1.165, 1.54) is 0 Å². The third kappa shape index (κ3) is 4.29. The molecule has 2 aromatic rings. The van der Waals surface area contributed by atoms with Crippen molar-refractivity contribution >= 4 is 39.1 Å². The van der Waals surface area contributed by atoms with Crippen LogP contribution < -0.4 is 19.7 Å². The predicted molar refractivity (Wildman–Crippen MR) is 117 cm³/mol. The lowest BCUT2D eigenvalue weighted by Gasteiger charge is -2.27. The SMILES string of the molecule is C=CCN1C(=O)C(C)(C)COc2cc(NC(=O)c3cc(OC)ccc3Br)ccc21. The first-order chi connectivity index (χ1) is 13.8. The van der Waals surface area contributed by atoms with E-state index >= 15 is 0 Å². The Hall–Kier alpha value is -2.80. The number of methoxy groups -OCH3 is 1. The van der Waals surface area contributed by atoms with Gasteiger partial charge in [0.05, 0.1) is 23.8 Å². The molecule has 0 saturated heterocycles. The van der Waals surface area contributed by atoms with Gasteiger partial charge in [-0.25, -0.2) is 0 Å². The van der Waals surface area contributed by atoms with Crippen molar-refractivity contribution in [2.45, 2.75) is 13.8 Å². The number of amides is 2. The molecular formula is C22H23BrN2O4. The number of nitrogens with one attached hydrogen (secondary N) is 1. The van der Waals surface area contributed by atoms with E-state index in [-0.39, 0.29) is 18.4 Å². The van der Waals surface area contributed by atoms with Crippen LogP contribution in [0, 0.1) is 5.41 Å². The molecule has 29 heavy (non-hydrogen) atoms. The maximum Gasteiger partial charge on any atom is 0.256 e. The Balaban J connectivity index is 1.91. The molecule has 0 spiro atoms. The average Bonchev–Trinajstić information content (AvgIpc) is 2.79. The van der Waals surface area contributed by atoms with Gasteiger partial charge < -0.3 is 19.7 Å². The van der Waals surface area contributed by atoms with E-state index in [0.717, 1.165) is 0 Å². The number of rotatable bonds is 5. The van der Waals surface area contributed by atoms with Crippen molar-refractivity contribution in [3.05, 3.63) is 59.1 Å². The summed E-state index contributed by atoms with van der Waals surface area (Å²) in [4.78, 5) is 27.3. The molecule has 0 fully saturated rings. The number of halogens is 1. The van der Waals surface area contributed by atoms with Crippen LogP contribution in [0.15, 0.2) is 53.5 Å². The number of fused-ring (bicyclic) bond motifs is 1. The second-order valence-electron chi connectivity index (χ2n) is 7.36. The average molecular weight is 459 g/mol. The van der Waals surface area contributed by atoms with Crippen LogP contribution in [0.3, 0.4) is 0 Å². The smallest absolute Gasteiger partial charge is 0.256 e. The summed E-state index contributed by atoms with van der Waals surface area (Å²) in [6.45, 7) is 8.06. The molecule has 0 saturated carbocycles. The summed E-state index contributed by atoms with van der Waals surface area (Å²) in [5, 5.41) is 2.87. The minimum Gasteiger partial charge on any atom is -0.497 e. The van der Waals surface area contributed by atoms with Crippen LogP contribution in [0.2, 0.25) is 0 Å². The first kappa shape index (κ1) is 20.9. The number of nitrogens with zero attached hydrogens (tertiary/aromatic N) is 1. The number of anilines is 2. The number of carbonyl (C=O) groups is 2. The largest absolute Gasteiger partial charge is 0.497 e. The zero-order valence-corrected chi connectivity index (χ0v) is 18.2. The van der Waals surface area contributed by atoms with Crippen molar-refractivity contribution in [2.75, 3.05) is 30.5 Å². The Morgan fingerprint density at radius 3 is 2.79 bits per heavy atom. The van der Waals surface area contributed by atoms with Gasteiger partial charge in [0, 0.05) is 22.8 Å². The van der Waals surface area contributed by atoms with E-state index in [4.69, 9.17) is 9.47 Å². The van der Waals surface area contributed by atoms with Gasteiger partial charge in [0.25, 0.3) is 5.91 Å². The second kappa shape index (κ2) is 8.29. The topological polar surface area (TPSA) is 67.9 Å². The number of hydrogen-bond donors (Lipinski definition) is 1. The highest BCUT2D eigenvalue weighted by Crippen LogP contribution is 2.38. The maximum absolute atomic E-state index is 12.9. The summed E-state index contributed by atoms with van der Waals surface area (Å²) in [6, 6.07) is 10.4. The molecule has 0 atom stereocenters. The van der Waals surface area contributed by atoms with Gasteiger partial charge in [0.2, 0.25) is 5.91 Å². The first-order valence-electron chi connectivity index (χ1n) is 9.11. The highest BCUT2D eigenvalue weighted by molar-refractivity contribution is 9.10. The first-order valence-corrected chi connectivity index (χ1v) is 9.90. The molecule has 0 aliphatic carbocycles. The molecule has 152 valence electrons. The van der Waals surface area contributed by atoms with E-state index in [9.17, 15) is 9.59 Å². The zero-order valence-electron chi connectivity index (χ0n) is 16.6. The Labute approximate surface area is 178 Å². The molecule has 0 radical (unpaired) electrons. The molecule has 0 aromatic heterocycles. The van der Waals surface area contributed by atoms with Crippen molar-refractivity contribution in [1.82, 2.24) is 0 Å². The van der Waals surface area contributed by atoms with Gasteiger partial charge in [-0.05, 0) is 60.1 Å². The normalized spacial score (nSPS) is 15.0. The van der Waals surface area contributed by atoms with Gasteiger partial charge in [-0.3, -0.25) is 9.59 Å². The van der Waals surface area contributed by atoms with Crippen molar-refractivity contribution < 1.29 is 19.1 Å². The number of carbonyl (C=O) groups excluding carboxylic acids is 2. The molecule has 6 nitrogen and oxygen atoms in total. The Morgan fingerprint density at radius 2 is 2.10 bits per heavy atom. The summed E-state index contributed by atoms with van der Waals surface area (Å²) in [6.07, 6.45) is 1.68. The fourth-order valence-corrected chi connectivity index (χ4v) is 3.47. The monoisotopic (exact) mass is 458 g/mol. The molecule has 2 aromatic carbocycles. The Bertz CT molecular complexity index is 971. The number of hydrogen-bond acceptors (Lipinski definition) is 4. The van der Waals surface area contributed by atoms with Gasteiger partial charge in [-0.1, -0.05) is 6.08 Å². The van der Waals surface area contributed by atoms with E-state index in [1.54, 1.807) is 54.5 Å². The fourth-order valence-electron chi connectivity index (χ4n) is 3.04. The minimum absolute atomic E-state index is 0.0340. The standard InChI is InChI=1S/C22H23BrN2O4/c1-5-10-25-18-9-6-14(11-19(18)29-13-22(2,3)21(25)27)24-20(26)16-12-15(28-4)7-8-17(16)23/h5-9,11-12H,1,10,13H2,2-4H3,(H,24,26). The zero-order chi connectivity index (χ0) is 21.2. The lowest BCUT2D eigenvalue weighted by molar-refractivity contribution is -0.127. The molecule has 0 bridgehead atoms. The van der Waals surface area contributed by atoms with Crippen molar-refractivity contribution in [3.8, 4) is 11.5 Å². The second-order valence-corrected chi connectivity index (χ2v) is 8.21. The van der Waals surface area contributed by atoms with Gasteiger partial charge in [0.15, 0.2) is 0 Å². The quantitative estimate of drug-likeness (QED) is 0.662. The highest BCUT2D eigenvalue weighted by Gasteiger charge is 2.37. The van der Waals surface area contributed by atoms with Gasteiger partial charge in [0.1, 0.15) is 18.1 Å². The van der Waals surface area contributed by atoms with Crippen molar-refractivity contribution in [1.29, 1.82) is 0 Å². The summed E-state index contributed by atoms with van der Waals surface area (Å²) in [7, 11) is 1.55. The van der Waals surface area contributed by atoms with Crippen LogP contribution in [0.1, 0.15) is 24.2 Å². The predicted octanol–water partition coefficient (Wildman–Crippen LogP) is 4.65. The molecule has 1 N–H and O–H groups in total. The maximum atomic E-state index is 12.9. The molecule has 1 aliphatic heterocycles. The van der Waals surface area contributed by atoms with E-state index in [1.807, 2.05) is 13.8 Å². The lowest BCUT2D eigenvalue weighted by Crippen LogP contribution is -2.42. The Kier molecular flexibility index (Phi) is 5.98. The summed E-state index contributed by atoms with van der Waals surface area (Å²) in [5.41, 5.74) is 0.997. The molecule has 2 amide bonds. The van der Waals surface area contributed by atoms with E-state index in [2.05, 4.69) is 27.8 Å². The Morgan fingerprint density at radius 1 is 1.34 bits per heavy atom. The van der Waals surface area contributed by atoms with Gasteiger partial charge in [-0.15, -0.1) is 6.58 Å². The van der Waals surface area contributed by atoms with E-state index in [0.29, 0.717) is 39.5 Å². The summed E-state index contributed by atoms with van der Waals surface area (Å²) >= 11 is 3.39. The van der Waals surface area contributed by atoms with Crippen LogP contribution in [0.4, 0.5) is 11.4 Å². The third-order valence-corrected chi connectivity index (χ3v) is 5.34. The minimum atomic E-state index is -0.670. The number of benzene rings is 2. The summed E-state index contributed by atoms with van der Waals surface area (Å²) in [5.74, 6) is 0.801. The number of ether oxygens (including phenoxy) is 2. The van der Waals surface area contributed by atoms with Gasteiger partial charge >= 0.3 is 0 Å². The molecular weight excluding hydrogens is 436 g/mol. The molecule has 3 rings (SSSR count). The van der Waals surface area contributed by atoms with E-state index < -0.39 is 5.41 Å². The third-order valence-electron chi connectivity index (χ3n) is 4.65. The van der Waals surface area contributed by atoms with Crippen molar-refractivity contribution in [3.63, 3.8) is 0 Å². The summed E-state index contributed by atoms with van der Waals surface area (Å²) < 4.78 is 11.8. The van der Waals surface area contributed by atoms with Crippen LogP contribution >= 0.6 is 15.9 Å². The van der Waals surface area contributed by atoms with Crippen molar-refractivity contribution in [2.24, 2.45) is 5.41 Å².